The van der Waals surface area contributed by atoms with Gasteiger partial charge in [0, 0.05) is 17.4 Å². The first kappa shape index (κ1) is 20.7. The zero-order chi connectivity index (χ0) is 21.1. The van der Waals surface area contributed by atoms with Gasteiger partial charge < -0.3 is 14.6 Å². The normalized spacial score (nSPS) is 12.1. The highest BCUT2D eigenvalue weighted by Crippen LogP contribution is 2.31. The molecule has 3 rings (SSSR count). The molecule has 3 aromatic rings. The van der Waals surface area contributed by atoms with E-state index in [1.807, 2.05) is 44.2 Å². The molecule has 0 saturated heterocycles. The third-order valence-corrected chi connectivity index (χ3v) is 5.53. The topological polar surface area (TPSA) is 43.3 Å². The van der Waals surface area contributed by atoms with Gasteiger partial charge in [0.15, 0.2) is 0 Å². The molecule has 1 atom stereocenters. The molecule has 0 aliphatic carbocycles. The van der Waals surface area contributed by atoms with Crippen molar-refractivity contribution in [2.45, 2.75) is 40.7 Å². The van der Waals surface area contributed by atoms with E-state index in [2.05, 4.69) is 54.9 Å². The fraction of sp³-hybridized carbons (Fsp3) is 0.320. The summed E-state index contributed by atoms with van der Waals surface area (Å²) in [5, 5.41) is 3.14. The molecule has 1 unspecified atom stereocenters. The number of methoxy groups -OCH3 is 1. The van der Waals surface area contributed by atoms with Crippen molar-refractivity contribution in [1.29, 1.82) is 0 Å². The van der Waals surface area contributed by atoms with Crippen molar-refractivity contribution >= 4 is 5.91 Å². The SMILES string of the molecule is COc1ccc(-c2cc(C(=O)NC(C)C(C)C)c(C)n2-c2ccc(C)cc2)cc1. The van der Waals surface area contributed by atoms with Crippen molar-refractivity contribution in [2.75, 3.05) is 7.11 Å². The average Bonchev–Trinajstić information content (AvgIpc) is 3.06. The lowest BCUT2D eigenvalue weighted by Crippen LogP contribution is -2.36. The number of hydrogen-bond acceptors (Lipinski definition) is 2. The van der Waals surface area contributed by atoms with E-state index in [0.717, 1.165) is 28.4 Å². The van der Waals surface area contributed by atoms with E-state index >= 15 is 0 Å². The van der Waals surface area contributed by atoms with Gasteiger partial charge in [-0.2, -0.15) is 0 Å². The lowest BCUT2D eigenvalue weighted by molar-refractivity contribution is 0.0930. The van der Waals surface area contributed by atoms with Gasteiger partial charge in [-0.25, -0.2) is 0 Å². The Labute approximate surface area is 173 Å². The Kier molecular flexibility index (Phi) is 6.12. The van der Waals surface area contributed by atoms with Crippen molar-refractivity contribution < 1.29 is 9.53 Å². The molecule has 4 nitrogen and oxygen atoms in total. The summed E-state index contributed by atoms with van der Waals surface area (Å²) in [6.45, 7) is 10.3. The van der Waals surface area contributed by atoms with Gasteiger partial charge >= 0.3 is 0 Å². The summed E-state index contributed by atoms with van der Waals surface area (Å²) in [5.74, 6) is 1.14. The maximum Gasteiger partial charge on any atom is 0.253 e. The second kappa shape index (κ2) is 8.56. The summed E-state index contributed by atoms with van der Waals surface area (Å²) >= 11 is 0. The molecule has 1 aromatic heterocycles. The number of carbonyl (C=O) groups is 1. The van der Waals surface area contributed by atoms with Gasteiger partial charge in [-0.15, -0.1) is 0 Å². The summed E-state index contributed by atoms with van der Waals surface area (Å²) in [6.07, 6.45) is 0. The van der Waals surface area contributed by atoms with Crippen molar-refractivity contribution in [1.82, 2.24) is 9.88 Å². The number of benzene rings is 2. The van der Waals surface area contributed by atoms with Crippen molar-refractivity contribution in [3.05, 3.63) is 71.4 Å². The third-order valence-electron chi connectivity index (χ3n) is 5.53. The number of nitrogens with zero attached hydrogens (tertiary/aromatic N) is 1. The van der Waals surface area contributed by atoms with E-state index < -0.39 is 0 Å². The minimum absolute atomic E-state index is 0.0377. The molecule has 1 amide bonds. The van der Waals surface area contributed by atoms with Crippen LogP contribution in [-0.4, -0.2) is 23.6 Å². The Hall–Kier alpha value is -3.01. The maximum absolute atomic E-state index is 13.0. The highest BCUT2D eigenvalue weighted by atomic mass is 16.5. The van der Waals surface area contributed by atoms with Crippen LogP contribution in [0, 0.1) is 19.8 Å². The minimum Gasteiger partial charge on any atom is -0.497 e. The first-order chi connectivity index (χ1) is 13.8. The summed E-state index contributed by atoms with van der Waals surface area (Å²) in [6, 6.07) is 18.4. The highest BCUT2D eigenvalue weighted by Gasteiger charge is 2.21. The molecule has 29 heavy (non-hydrogen) atoms. The number of aryl methyl sites for hydroxylation is 1. The molecule has 0 radical (unpaired) electrons. The van der Waals surface area contributed by atoms with Crippen molar-refractivity contribution in [3.63, 3.8) is 0 Å². The number of hydrogen-bond donors (Lipinski definition) is 1. The van der Waals surface area contributed by atoms with Gasteiger partial charge in [-0.05, 0) is 74.7 Å². The molecule has 2 aromatic carbocycles. The molecule has 0 spiro atoms. The molecule has 4 heteroatoms. The van der Waals surface area contributed by atoms with Crippen molar-refractivity contribution in [2.24, 2.45) is 5.92 Å². The van der Waals surface area contributed by atoms with Crippen LogP contribution in [0.15, 0.2) is 54.6 Å². The van der Waals surface area contributed by atoms with Gasteiger partial charge in [-0.1, -0.05) is 31.5 Å². The van der Waals surface area contributed by atoms with Crippen molar-refractivity contribution in [3.8, 4) is 22.7 Å². The molecule has 152 valence electrons. The van der Waals surface area contributed by atoms with Gasteiger partial charge in [0.25, 0.3) is 5.91 Å². The third kappa shape index (κ3) is 4.37. The standard InChI is InChI=1S/C25H30N2O2/c1-16(2)18(4)26-25(28)23-15-24(20-9-13-22(29-6)14-10-20)27(19(23)5)21-11-7-17(3)8-12-21/h7-16,18H,1-6H3,(H,26,28). The Balaban J connectivity index is 2.12. The number of aromatic nitrogens is 1. The average molecular weight is 391 g/mol. The molecule has 0 saturated carbocycles. The van der Waals surface area contributed by atoms with E-state index in [1.165, 1.54) is 5.56 Å². The van der Waals surface area contributed by atoms with E-state index in [-0.39, 0.29) is 11.9 Å². The first-order valence-electron chi connectivity index (χ1n) is 10.1. The van der Waals surface area contributed by atoms with Gasteiger partial charge in [-0.3, -0.25) is 4.79 Å². The highest BCUT2D eigenvalue weighted by molar-refractivity contribution is 5.97. The van der Waals surface area contributed by atoms with Crippen LogP contribution in [0.3, 0.4) is 0 Å². The summed E-state index contributed by atoms with van der Waals surface area (Å²) < 4.78 is 7.44. The van der Waals surface area contributed by atoms with Crippen LogP contribution >= 0.6 is 0 Å². The fourth-order valence-corrected chi connectivity index (χ4v) is 3.29. The monoisotopic (exact) mass is 390 g/mol. The second-order valence-electron chi connectivity index (χ2n) is 7.93. The van der Waals surface area contributed by atoms with Gasteiger partial charge in [0.05, 0.1) is 18.4 Å². The van der Waals surface area contributed by atoms with Crippen LogP contribution in [0.2, 0.25) is 0 Å². The first-order valence-corrected chi connectivity index (χ1v) is 10.1. The zero-order valence-electron chi connectivity index (χ0n) is 18.1. The van der Waals surface area contributed by atoms with E-state index in [0.29, 0.717) is 11.5 Å². The summed E-state index contributed by atoms with van der Waals surface area (Å²) in [7, 11) is 1.66. The number of nitrogens with one attached hydrogen (secondary N) is 1. The van der Waals surface area contributed by atoms with Crippen LogP contribution < -0.4 is 10.1 Å². The lowest BCUT2D eigenvalue weighted by Gasteiger charge is -2.17. The van der Waals surface area contributed by atoms with E-state index in [1.54, 1.807) is 7.11 Å². The van der Waals surface area contributed by atoms with E-state index in [4.69, 9.17) is 4.74 Å². The quantitative estimate of drug-likeness (QED) is 0.600. The summed E-state index contributed by atoms with van der Waals surface area (Å²) in [4.78, 5) is 13.0. The van der Waals surface area contributed by atoms with Crippen LogP contribution in [0.25, 0.3) is 16.9 Å². The van der Waals surface area contributed by atoms with Gasteiger partial charge in [0.1, 0.15) is 5.75 Å². The van der Waals surface area contributed by atoms with Crippen LogP contribution in [0.5, 0.6) is 5.75 Å². The fourth-order valence-electron chi connectivity index (χ4n) is 3.29. The molecule has 0 bridgehead atoms. The second-order valence-corrected chi connectivity index (χ2v) is 7.93. The number of rotatable bonds is 6. The Morgan fingerprint density at radius 1 is 0.966 bits per heavy atom. The predicted octanol–water partition coefficient (Wildman–Crippen LogP) is 5.54. The number of ether oxygens (including phenoxy) is 1. The van der Waals surface area contributed by atoms with E-state index in [9.17, 15) is 4.79 Å². The lowest BCUT2D eigenvalue weighted by atomic mass is 10.1. The molecular weight excluding hydrogens is 360 g/mol. The molecular formula is C25H30N2O2. The molecule has 0 fully saturated rings. The molecule has 1 N–H and O–H groups in total. The Morgan fingerprint density at radius 3 is 2.14 bits per heavy atom. The van der Waals surface area contributed by atoms with Gasteiger partial charge in [0.2, 0.25) is 0 Å². The smallest absolute Gasteiger partial charge is 0.253 e. The number of carbonyl (C=O) groups excluding carboxylic acids is 1. The Bertz CT molecular complexity index is 983. The molecule has 0 aliphatic heterocycles. The summed E-state index contributed by atoms with van der Waals surface area (Å²) in [5.41, 5.74) is 5.88. The zero-order valence-corrected chi connectivity index (χ0v) is 18.1. The van der Waals surface area contributed by atoms with Crippen LogP contribution in [0.1, 0.15) is 42.4 Å². The number of amides is 1. The molecule has 0 aliphatic rings. The maximum atomic E-state index is 13.0. The van der Waals surface area contributed by atoms with Crippen LogP contribution in [-0.2, 0) is 0 Å². The predicted molar refractivity (Wildman–Crippen MR) is 119 cm³/mol. The Morgan fingerprint density at radius 2 is 1.59 bits per heavy atom. The largest absolute Gasteiger partial charge is 0.497 e. The molecule has 1 heterocycles. The minimum atomic E-state index is -0.0377. The van der Waals surface area contributed by atoms with Crippen LogP contribution in [0.4, 0.5) is 0 Å².